The number of piperidine rings is 1. The minimum absolute atomic E-state index is 0.512. The molecule has 1 atom stereocenters. The van der Waals surface area contributed by atoms with E-state index in [0.29, 0.717) is 25.6 Å². The third kappa shape index (κ3) is 4.90. The molecule has 1 aromatic carbocycles. The number of unbranched alkanes of at least 4 members (excludes halogenated alkanes) is 1. The van der Waals surface area contributed by atoms with Crippen LogP contribution in [0, 0.1) is 12.8 Å². The van der Waals surface area contributed by atoms with Crippen LogP contribution in [0.2, 0.25) is 0 Å². The van der Waals surface area contributed by atoms with E-state index < -0.39 is 6.09 Å². The number of carboxylic acid groups (broad SMARTS) is 1. The second kappa shape index (κ2) is 8.42. The van der Waals surface area contributed by atoms with E-state index in [-0.39, 0.29) is 0 Å². The SMILES string of the molecule is Cc1c(Br)cccc1OCCCC[C@H]1CCCN(C(=O)O)C1. The number of ether oxygens (including phenoxy) is 1. The van der Waals surface area contributed by atoms with E-state index in [2.05, 4.69) is 15.9 Å². The maximum absolute atomic E-state index is 11.0. The fraction of sp³-hybridized carbons (Fsp3) is 0.588. The van der Waals surface area contributed by atoms with Gasteiger partial charge >= 0.3 is 6.09 Å². The van der Waals surface area contributed by atoms with Gasteiger partial charge in [-0.1, -0.05) is 22.0 Å². The van der Waals surface area contributed by atoms with Gasteiger partial charge in [0.1, 0.15) is 5.75 Å². The molecule has 0 aliphatic carbocycles. The molecule has 1 N–H and O–H groups in total. The Hall–Kier alpha value is -1.23. The second-order valence-corrected chi connectivity index (χ2v) is 6.80. The summed E-state index contributed by atoms with van der Waals surface area (Å²) in [6, 6.07) is 5.99. The van der Waals surface area contributed by atoms with Crippen molar-refractivity contribution in [2.24, 2.45) is 5.92 Å². The predicted octanol–water partition coefficient (Wildman–Crippen LogP) is 4.70. The molecule has 0 unspecified atom stereocenters. The van der Waals surface area contributed by atoms with Gasteiger partial charge in [-0.2, -0.15) is 0 Å². The number of hydrogen-bond acceptors (Lipinski definition) is 2. The molecule has 0 radical (unpaired) electrons. The Kier molecular flexibility index (Phi) is 6.55. The van der Waals surface area contributed by atoms with Gasteiger partial charge in [0.05, 0.1) is 6.61 Å². The van der Waals surface area contributed by atoms with Crippen molar-refractivity contribution in [1.82, 2.24) is 4.90 Å². The second-order valence-electron chi connectivity index (χ2n) is 5.94. The summed E-state index contributed by atoms with van der Waals surface area (Å²) in [7, 11) is 0. The summed E-state index contributed by atoms with van der Waals surface area (Å²) in [4.78, 5) is 12.5. The minimum Gasteiger partial charge on any atom is -0.493 e. The molecule has 1 aromatic rings. The number of rotatable bonds is 6. The highest BCUT2D eigenvalue weighted by atomic mass is 79.9. The monoisotopic (exact) mass is 369 g/mol. The average molecular weight is 370 g/mol. The summed E-state index contributed by atoms with van der Waals surface area (Å²) >= 11 is 3.51. The molecule has 0 bridgehead atoms. The molecule has 1 heterocycles. The van der Waals surface area contributed by atoms with Crippen molar-refractivity contribution in [2.75, 3.05) is 19.7 Å². The minimum atomic E-state index is -0.779. The maximum atomic E-state index is 11.0. The molecule has 0 spiro atoms. The summed E-state index contributed by atoms with van der Waals surface area (Å²) < 4.78 is 6.90. The lowest BCUT2D eigenvalue weighted by molar-refractivity contribution is 0.117. The molecular weight excluding hydrogens is 346 g/mol. The van der Waals surface area contributed by atoms with Crippen LogP contribution in [0.3, 0.4) is 0 Å². The van der Waals surface area contributed by atoms with Crippen LogP contribution in [-0.4, -0.2) is 35.8 Å². The standard InChI is InChI=1S/C17H24BrNO3/c1-13-15(18)8-4-9-16(13)22-11-3-2-6-14-7-5-10-19(12-14)17(20)21/h4,8-9,14H,2-3,5-7,10-12H2,1H3,(H,20,21)/t14-/m0/s1. The number of halogens is 1. The van der Waals surface area contributed by atoms with Gasteiger partial charge < -0.3 is 14.7 Å². The molecule has 1 aliphatic heterocycles. The topological polar surface area (TPSA) is 49.8 Å². The van der Waals surface area contributed by atoms with E-state index in [9.17, 15) is 4.79 Å². The van der Waals surface area contributed by atoms with E-state index in [1.165, 1.54) is 0 Å². The zero-order chi connectivity index (χ0) is 15.9. The zero-order valence-electron chi connectivity index (χ0n) is 13.1. The van der Waals surface area contributed by atoms with Crippen molar-refractivity contribution in [1.29, 1.82) is 0 Å². The molecule has 22 heavy (non-hydrogen) atoms. The molecule has 1 aliphatic rings. The zero-order valence-corrected chi connectivity index (χ0v) is 14.6. The van der Waals surface area contributed by atoms with Crippen molar-refractivity contribution in [3.8, 4) is 5.75 Å². The predicted molar refractivity (Wildman–Crippen MR) is 90.5 cm³/mol. The average Bonchev–Trinajstić information content (AvgIpc) is 2.51. The highest BCUT2D eigenvalue weighted by Gasteiger charge is 2.22. The van der Waals surface area contributed by atoms with E-state index in [1.54, 1.807) is 4.90 Å². The van der Waals surface area contributed by atoms with Crippen molar-refractivity contribution >= 4 is 22.0 Å². The molecule has 0 aromatic heterocycles. The third-order valence-electron chi connectivity index (χ3n) is 4.27. The van der Waals surface area contributed by atoms with E-state index >= 15 is 0 Å². The summed E-state index contributed by atoms with van der Waals surface area (Å²) in [6.07, 6.45) is 4.55. The van der Waals surface area contributed by atoms with E-state index in [4.69, 9.17) is 9.84 Å². The summed E-state index contributed by atoms with van der Waals surface area (Å²) in [5.74, 6) is 1.45. The Balaban J connectivity index is 1.65. The van der Waals surface area contributed by atoms with Gasteiger partial charge in [-0.15, -0.1) is 0 Å². The number of amides is 1. The molecule has 1 amide bonds. The van der Waals surface area contributed by atoms with Crippen LogP contribution in [0.4, 0.5) is 4.79 Å². The number of benzene rings is 1. The van der Waals surface area contributed by atoms with Crippen LogP contribution >= 0.6 is 15.9 Å². The van der Waals surface area contributed by atoms with Crippen molar-refractivity contribution < 1.29 is 14.6 Å². The van der Waals surface area contributed by atoms with Gasteiger partial charge in [0.2, 0.25) is 0 Å². The van der Waals surface area contributed by atoms with Gasteiger partial charge in [0.15, 0.2) is 0 Å². The fourth-order valence-corrected chi connectivity index (χ4v) is 3.28. The van der Waals surface area contributed by atoms with Crippen molar-refractivity contribution in [3.63, 3.8) is 0 Å². The smallest absolute Gasteiger partial charge is 0.407 e. The number of nitrogens with zero attached hydrogens (tertiary/aromatic N) is 1. The molecule has 5 heteroatoms. The molecule has 2 rings (SSSR count). The molecule has 0 saturated carbocycles. The fourth-order valence-electron chi connectivity index (χ4n) is 2.94. The summed E-state index contributed by atoms with van der Waals surface area (Å²) in [5, 5.41) is 9.04. The Morgan fingerprint density at radius 2 is 2.27 bits per heavy atom. The lowest BCUT2D eigenvalue weighted by Gasteiger charge is -2.30. The highest BCUT2D eigenvalue weighted by molar-refractivity contribution is 9.10. The highest BCUT2D eigenvalue weighted by Crippen LogP contribution is 2.26. The van der Waals surface area contributed by atoms with Gasteiger partial charge in [0, 0.05) is 23.1 Å². The van der Waals surface area contributed by atoms with Crippen LogP contribution < -0.4 is 4.74 Å². The largest absolute Gasteiger partial charge is 0.493 e. The molecule has 4 nitrogen and oxygen atoms in total. The number of carbonyl (C=O) groups is 1. The first-order valence-corrected chi connectivity index (χ1v) is 8.73. The third-order valence-corrected chi connectivity index (χ3v) is 5.13. The summed E-state index contributed by atoms with van der Waals surface area (Å²) in [6.45, 7) is 4.15. The van der Waals surface area contributed by atoms with Crippen LogP contribution in [0.15, 0.2) is 22.7 Å². The Morgan fingerprint density at radius 3 is 3.05 bits per heavy atom. The molecule has 1 saturated heterocycles. The van der Waals surface area contributed by atoms with E-state index in [1.807, 2.05) is 25.1 Å². The van der Waals surface area contributed by atoms with Crippen LogP contribution in [0.1, 0.15) is 37.7 Å². The molecular formula is C17H24BrNO3. The Labute approximate surface area is 140 Å². The lowest BCUT2D eigenvalue weighted by atomic mass is 9.93. The summed E-state index contributed by atoms with van der Waals surface area (Å²) in [5.41, 5.74) is 1.13. The first kappa shape index (κ1) is 17.1. The van der Waals surface area contributed by atoms with Crippen molar-refractivity contribution in [3.05, 3.63) is 28.2 Å². The quantitative estimate of drug-likeness (QED) is 0.739. The van der Waals surface area contributed by atoms with Gasteiger partial charge in [-0.05, 0) is 57.1 Å². The molecule has 1 fully saturated rings. The van der Waals surface area contributed by atoms with Gasteiger partial charge in [0.25, 0.3) is 0 Å². The Morgan fingerprint density at radius 1 is 1.45 bits per heavy atom. The van der Waals surface area contributed by atoms with E-state index in [0.717, 1.165) is 47.9 Å². The first-order chi connectivity index (χ1) is 10.6. The van der Waals surface area contributed by atoms with Crippen molar-refractivity contribution in [2.45, 2.75) is 39.0 Å². The van der Waals surface area contributed by atoms with Crippen LogP contribution in [-0.2, 0) is 0 Å². The Bertz CT molecular complexity index is 507. The van der Waals surface area contributed by atoms with Gasteiger partial charge in [-0.25, -0.2) is 4.79 Å². The molecule has 122 valence electrons. The van der Waals surface area contributed by atoms with Crippen LogP contribution in [0.5, 0.6) is 5.75 Å². The lowest BCUT2D eigenvalue weighted by Crippen LogP contribution is -2.38. The first-order valence-electron chi connectivity index (χ1n) is 7.93. The normalized spacial score (nSPS) is 18.3. The van der Waals surface area contributed by atoms with Crippen LogP contribution in [0.25, 0.3) is 0 Å². The van der Waals surface area contributed by atoms with Gasteiger partial charge in [-0.3, -0.25) is 0 Å². The maximum Gasteiger partial charge on any atom is 0.407 e. The number of hydrogen-bond donors (Lipinski definition) is 1. The number of likely N-dealkylation sites (tertiary alicyclic amines) is 1.